The third-order valence-electron chi connectivity index (χ3n) is 3.12. The van der Waals surface area contributed by atoms with E-state index in [1.54, 1.807) is 12.2 Å². The smallest absolute Gasteiger partial charge is 0.341 e. The van der Waals surface area contributed by atoms with E-state index < -0.39 is 11.9 Å². The van der Waals surface area contributed by atoms with Crippen molar-refractivity contribution in [1.29, 1.82) is 0 Å². The Morgan fingerprint density at radius 1 is 1.18 bits per heavy atom. The number of nitrogens with one attached hydrogen (secondary N) is 1. The fourth-order valence-electron chi connectivity index (χ4n) is 1.88. The van der Waals surface area contributed by atoms with E-state index in [0.29, 0.717) is 0 Å². The lowest BCUT2D eigenvalue weighted by molar-refractivity contribution is 0.0599. The highest BCUT2D eigenvalue weighted by Crippen LogP contribution is 2.20. The molecule has 1 heterocycles. The van der Waals surface area contributed by atoms with Crippen molar-refractivity contribution < 1.29 is 18.7 Å². The van der Waals surface area contributed by atoms with Gasteiger partial charge in [-0.1, -0.05) is 35.9 Å². The average molecular weight is 299 g/mol. The quantitative estimate of drug-likeness (QED) is 0.881. The van der Waals surface area contributed by atoms with E-state index >= 15 is 0 Å². The first-order chi connectivity index (χ1) is 10.5. The van der Waals surface area contributed by atoms with E-state index in [0.717, 1.165) is 11.1 Å². The number of carbonyl (C=O) groups excluding carboxylic acids is 2. The Balaban J connectivity index is 2.35. The molecule has 0 unspecified atom stereocenters. The predicted octanol–water partition coefficient (Wildman–Crippen LogP) is 2.90. The first-order valence-corrected chi connectivity index (χ1v) is 6.74. The number of carbonyl (C=O) groups is 2. The molecule has 0 fully saturated rings. The van der Waals surface area contributed by atoms with Crippen molar-refractivity contribution >= 4 is 24.0 Å². The molecule has 0 atom stereocenters. The highest BCUT2D eigenvalue weighted by molar-refractivity contribution is 5.98. The number of aryl methyl sites for hydroxylation is 1. The number of furan rings is 1. The monoisotopic (exact) mass is 299 g/mol. The van der Waals surface area contributed by atoms with E-state index in [1.165, 1.54) is 20.2 Å². The van der Waals surface area contributed by atoms with Crippen LogP contribution in [0.4, 0.5) is 0 Å². The molecule has 114 valence electrons. The second kappa shape index (κ2) is 6.76. The molecule has 5 heteroatoms. The first-order valence-electron chi connectivity index (χ1n) is 6.74. The van der Waals surface area contributed by atoms with Gasteiger partial charge in [0.15, 0.2) is 5.76 Å². The van der Waals surface area contributed by atoms with E-state index in [4.69, 9.17) is 9.15 Å². The van der Waals surface area contributed by atoms with Crippen LogP contribution in [0.25, 0.3) is 12.2 Å². The zero-order valence-corrected chi connectivity index (χ0v) is 12.7. The maximum atomic E-state index is 11.8. The van der Waals surface area contributed by atoms with Crippen molar-refractivity contribution in [2.24, 2.45) is 0 Å². The Kier molecular flexibility index (Phi) is 4.78. The Morgan fingerprint density at radius 2 is 1.86 bits per heavy atom. The van der Waals surface area contributed by atoms with Gasteiger partial charge in [0.25, 0.3) is 5.91 Å². The van der Waals surface area contributed by atoms with Gasteiger partial charge in [0, 0.05) is 13.1 Å². The van der Waals surface area contributed by atoms with Gasteiger partial charge in [-0.15, -0.1) is 0 Å². The van der Waals surface area contributed by atoms with Crippen LogP contribution in [0.5, 0.6) is 0 Å². The van der Waals surface area contributed by atoms with Crippen molar-refractivity contribution in [3.05, 3.63) is 58.5 Å². The molecule has 2 rings (SSSR count). The summed E-state index contributed by atoms with van der Waals surface area (Å²) in [5.74, 6) is -0.611. The van der Waals surface area contributed by atoms with E-state index in [9.17, 15) is 9.59 Å². The van der Waals surface area contributed by atoms with Crippen molar-refractivity contribution in [2.45, 2.75) is 6.92 Å². The molecule has 0 spiro atoms. The number of hydrogen-bond donors (Lipinski definition) is 1. The minimum Gasteiger partial charge on any atom is -0.465 e. The summed E-state index contributed by atoms with van der Waals surface area (Å²) in [4.78, 5) is 23.4. The summed E-state index contributed by atoms with van der Waals surface area (Å²) in [7, 11) is 2.77. The highest BCUT2D eigenvalue weighted by Gasteiger charge is 2.19. The van der Waals surface area contributed by atoms with E-state index in [1.807, 2.05) is 31.2 Å². The molecular weight excluding hydrogens is 282 g/mol. The molecule has 1 aromatic carbocycles. The average Bonchev–Trinajstić information content (AvgIpc) is 2.97. The van der Waals surface area contributed by atoms with E-state index in [2.05, 4.69) is 5.32 Å². The lowest BCUT2D eigenvalue weighted by Crippen LogP contribution is -2.16. The minimum atomic E-state index is -0.553. The molecule has 5 nitrogen and oxygen atoms in total. The number of rotatable bonds is 4. The van der Waals surface area contributed by atoms with Crippen LogP contribution >= 0.6 is 0 Å². The third-order valence-corrected chi connectivity index (χ3v) is 3.12. The molecule has 1 aromatic heterocycles. The Labute approximate surface area is 128 Å². The number of methoxy groups -OCH3 is 1. The maximum Gasteiger partial charge on any atom is 0.341 e. The standard InChI is InChI=1S/C17H17NO4/c1-11-4-6-12(7-5-11)8-9-14-13(17(20)21-3)10-15(22-14)16(19)18-2/h4-10H,1-3H3,(H,18,19). The van der Waals surface area contributed by atoms with Crippen LogP contribution < -0.4 is 5.32 Å². The van der Waals surface area contributed by atoms with Gasteiger partial charge >= 0.3 is 5.97 Å². The molecule has 0 bridgehead atoms. The summed E-state index contributed by atoms with van der Waals surface area (Å²) in [6.45, 7) is 2.00. The van der Waals surface area contributed by atoms with Crippen molar-refractivity contribution in [1.82, 2.24) is 5.32 Å². The second-order valence-electron chi connectivity index (χ2n) is 4.70. The van der Waals surface area contributed by atoms with Crippen LogP contribution in [0.2, 0.25) is 0 Å². The molecule has 2 aromatic rings. The summed E-state index contributed by atoms with van der Waals surface area (Å²) in [6, 6.07) is 9.25. The van der Waals surface area contributed by atoms with Crippen LogP contribution in [0.3, 0.4) is 0 Å². The summed E-state index contributed by atoms with van der Waals surface area (Å²) in [6.07, 6.45) is 3.45. The summed E-state index contributed by atoms with van der Waals surface area (Å²) >= 11 is 0. The van der Waals surface area contributed by atoms with Crippen LogP contribution in [0.1, 0.15) is 37.8 Å². The van der Waals surface area contributed by atoms with Crippen molar-refractivity contribution in [3.63, 3.8) is 0 Å². The number of ether oxygens (including phenoxy) is 1. The van der Waals surface area contributed by atoms with Gasteiger partial charge in [-0.2, -0.15) is 0 Å². The van der Waals surface area contributed by atoms with E-state index in [-0.39, 0.29) is 17.1 Å². The fraction of sp³-hybridized carbons (Fsp3) is 0.176. The Hall–Kier alpha value is -2.82. The lowest BCUT2D eigenvalue weighted by Gasteiger charge is -1.97. The Morgan fingerprint density at radius 3 is 2.45 bits per heavy atom. The molecular formula is C17H17NO4. The fourth-order valence-corrected chi connectivity index (χ4v) is 1.88. The van der Waals surface area contributed by atoms with Gasteiger partial charge in [0.05, 0.1) is 7.11 Å². The Bertz CT molecular complexity index is 711. The number of benzene rings is 1. The van der Waals surface area contributed by atoms with Crippen LogP contribution in [-0.4, -0.2) is 26.0 Å². The van der Waals surface area contributed by atoms with Crippen molar-refractivity contribution in [3.8, 4) is 0 Å². The molecule has 0 saturated carbocycles. The molecule has 0 aliphatic heterocycles. The minimum absolute atomic E-state index is 0.0615. The van der Waals surface area contributed by atoms with Crippen molar-refractivity contribution in [2.75, 3.05) is 14.2 Å². The van der Waals surface area contributed by atoms with Gasteiger partial charge in [0.2, 0.25) is 0 Å². The molecule has 0 aliphatic carbocycles. The summed E-state index contributed by atoms with van der Waals surface area (Å²) in [5.41, 5.74) is 2.33. The van der Waals surface area contributed by atoms with Crippen LogP contribution in [0.15, 0.2) is 34.7 Å². The second-order valence-corrected chi connectivity index (χ2v) is 4.70. The zero-order chi connectivity index (χ0) is 16.1. The summed E-state index contributed by atoms with van der Waals surface area (Å²) in [5, 5.41) is 2.45. The largest absolute Gasteiger partial charge is 0.465 e. The van der Waals surface area contributed by atoms with Gasteiger partial charge in [-0.3, -0.25) is 4.79 Å². The molecule has 1 N–H and O–H groups in total. The van der Waals surface area contributed by atoms with Crippen LogP contribution in [0, 0.1) is 6.92 Å². The lowest BCUT2D eigenvalue weighted by atomic mass is 10.1. The normalized spacial score (nSPS) is 10.7. The zero-order valence-electron chi connectivity index (χ0n) is 12.7. The van der Waals surface area contributed by atoms with Gasteiger partial charge in [-0.05, 0) is 18.6 Å². The van der Waals surface area contributed by atoms with Crippen LogP contribution in [-0.2, 0) is 4.74 Å². The number of esters is 1. The third kappa shape index (κ3) is 3.44. The predicted molar refractivity (Wildman–Crippen MR) is 83.5 cm³/mol. The molecule has 0 saturated heterocycles. The highest BCUT2D eigenvalue weighted by atomic mass is 16.5. The van der Waals surface area contributed by atoms with Gasteiger partial charge in [0.1, 0.15) is 11.3 Å². The molecule has 1 amide bonds. The maximum absolute atomic E-state index is 11.8. The molecule has 22 heavy (non-hydrogen) atoms. The molecule has 0 radical (unpaired) electrons. The van der Waals surface area contributed by atoms with Gasteiger partial charge < -0.3 is 14.5 Å². The SMILES string of the molecule is CNC(=O)c1cc(C(=O)OC)c(C=Cc2ccc(C)cc2)o1. The first kappa shape index (κ1) is 15.6. The van der Waals surface area contributed by atoms with Gasteiger partial charge in [-0.25, -0.2) is 4.79 Å². The summed E-state index contributed by atoms with van der Waals surface area (Å²) < 4.78 is 10.1. The number of amides is 1. The number of hydrogen-bond acceptors (Lipinski definition) is 4. The molecule has 0 aliphatic rings. The topological polar surface area (TPSA) is 68.5 Å².